The van der Waals surface area contributed by atoms with Gasteiger partial charge in [0.15, 0.2) is 11.9 Å². The second-order valence-electron chi connectivity index (χ2n) is 4.51. The van der Waals surface area contributed by atoms with Gasteiger partial charge >= 0.3 is 0 Å². The van der Waals surface area contributed by atoms with Gasteiger partial charge in [-0.3, -0.25) is 0 Å². The zero-order valence-corrected chi connectivity index (χ0v) is 11.6. The second kappa shape index (κ2) is 4.51. The molecule has 0 saturated carbocycles. The second-order valence-corrected chi connectivity index (χ2v) is 5.30. The molecule has 1 saturated heterocycles. The Hall–Kier alpha value is -1.14. The smallest absolute Gasteiger partial charge is 0.162 e. The minimum Gasteiger partial charge on any atom is -0.505 e. The molecule has 0 amide bonds. The average Bonchev–Trinajstić information content (AvgIpc) is 2.73. The van der Waals surface area contributed by atoms with Gasteiger partial charge in [-0.15, -0.1) is 0 Å². The predicted molar refractivity (Wildman–Crippen MR) is 70.5 cm³/mol. The molecule has 96 valence electrons. The molecule has 2 aromatic heterocycles. The molecule has 1 fully saturated rings. The topological polar surface area (TPSA) is 60.2 Å². The fourth-order valence-corrected chi connectivity index (χ4v) is 2.91. The third kappa shape index (κ3) is 1.80. The van der Waals surface area contributed by atoms with Crippen molar-refractivity contribution in [2.45, 2.75) is 32.4 Å². The number of ether oxygens (including phenoxy) is 1. The summed E-state index contributed by atoms with van der Waals surface area (Å²) in [6.07, 6.45) is 4.60. The minimum atomic E-state index is -0.0427. The number of aryl methyl sites for hydroxylation is 1. The van der Waals surface area contributed by atoms with Crippen molar-refractivity contribution in [3.8, 4) is 5.75 Å². The van der Waals surface area contributed by atoms with Crippen LogP contribution < -0.4 is 0 Å². The third-order valence-electron chi connectivity index (χ3n) is 3.24. The summed E-state index contributed by atoms with van der Waals surface area (Å²) in [5.74, 6) is 0.134. The molecule has 6 heteroatoms. The fourth-order valence-electron chi connectivity index (χ4n) is 2.34. The molecule has 0 aromatic carbocycles. The van der Waals surface area contributed by atoms with Crippen molar-refractivity contribution in [2.75, 3.05) is 6.61 Å². The summed E-state index contributed by atoms with van der Waals surface area (Å²) >= 11 is 3.38. The van der Waals surface area contributed by atoms with E-state index in [0.29, 0.717) is 4.47 Å². The summed E-state index contributed by atoms with van der Waals surface area (Å²) < 4.78 is 8.21. The Labute approximate surface area is 113 Å². The molecular weight excluding hydrogens is 298 g/mol. The largest absolute Gasteiger partial charge is 0.505 e. The van der Waals surface area contributed by atoms with E-state index in [1.165, 1.54) is 6.20 Å². The highest BCUT2D eigenvalue weighted by Gasteiger charge is 2.22. The van der Waals surface area contributed by atoms with E-state index in [9.17, 15) is 5.11 Å². The molecule has 0 spiro atoms. The predicted octanol–water partition coefficient (Wildman–Crippen LogP) is 2.91. The van der Waals surface area contributed by atoms with E-state index in [1.54, 1.807) is 0 Å². The van der Waals surface area contributed by atoms with E-state index in [0.717, 1.165) is 42.6 Å². The first kappa shape index (κ1) is 11.9. The van der Waals surface area contributed by atoms with Gasteiger partial charge in [0.25, 0.3) is 0 Å². The molecule has 1 aliphatic rings. The first-order chi connectivity index (χ1) is 8.68. The van der Waals surface area contributed by atoms with Crippen molar-refractivity contribution in [3.05, 3.63) is 16.4 Å². The van der Waals surface area contributed by atoms with Gasteiger partial charge in [-0.2, -0.15) is 5.10 Å². The van der Waals surface area contributed by atoms with Crippen LogP contribution >= 0.6 is 15.9 Å². The monoisotopic (exact) mass is 311 g/mol. The van der Waals surface area contributed by atoms with Crippen molar-refractivity contribution < 1.29 is 9.84 Å². The summed E-state index contributed by atoms with van der Waals surface area (Å²) in [5.41, 5.74) is 1.60. The number of aromatic nitrogens is 3. The average molecular weight is 312 g/mol. The van der Waals surface area contributed by atoms with Gasteiger partial charge in [0.2, 0.25) is 0 Å². The van der Waals surface area contributed by atoms with Gasteiger partial charge < -0.3 is 9.84 Å². The molecule has 3 heterocycles. The third-order valence-corrected chi connectivity index (χ3v) is 4.04. The van der Waals surface area contributed by atoms with Crippen LogP contribution in [-0.4, -0.2) is 26.5 Å². The highest BCUT2D eigenvalue weighted by Crippen LogP contribution is 2.35. The van der Waals surface area contributed by atoms with Crippen LogP contribution in [0.4, 0.5) is 0 Å². The van der Waals surface area contributed by atoms with Crippen LogP contribution in [0.5, 0.6) is 5.75 Å². The molecule has 1 atom stereocenters. The standard InChI is InChI=1S/C12H14BrN3O2/c1-7-10-11(13)8(17)6-14-12(10)16(15-7)9-4-2-3-5-18-9/h6,9,17H,2-5H2,1H3. The maximum absolute atomic E-state index is 9.68. The Morgan fingerprint density at radius 1 is 1.50 bits per heavy atom. The van der Waals surface area contributed by atoms with E-state index < -0.39 is 0 Å². The van der Waals surface area contributed by atoms with E-state index in [-0.39, 0.29) is 12.0 Å². The minimum absolute atomic E-state index is 0.0427. The maximum Gasteiger partial charge on any atom is 0.162 e. The lowest BCUT2D eigenvalue weighted by molar-refractivity contribution is -0.0371. The molecule has 0 radical (unpaired) electrons. The van der Waals surface area contributed by atoms with Crippen LogP contribution in [0, 0.1) is 6.92 Å². The van der Waals surface area contributed by atoms with E-state index in [4.69, 9.17) is 4.74 Å². The Kier molecular flexibility index (Phi) is 2.99. The van der Waals surface area contributed by atoms with Gasteiger partial charge in [0.1, 0.15) is 5.75 Å². The molecule has 1 aliphatic heterocycles. The molecule has 1 unspecified atom stereocenters. The summed E-state index contributed by atoms with van der Waals surface area (Å²) in [7, 11) is 0. The quantitative estimate of drug-likeness (QED) is 0.879. The molecule has 0 aliphatic carbocycles. The Morgan fingerprint density at radius 3 is 3.06 bits per heavy atom. The van der Waals surface area contributed by atoms with Crippen molar-refractivity contribution in [3.63, 3.8) is 0 Å². The van der Waals surface area contributed by atoms with E-state index in [1.807, 2.05) is 11.6 Å². The van der Waals surface area contributed by atoms with Crippen molar-refractivity contribution in [1.82, 2.24) is 14.8 Å². The van der Waals surface area contributed by atoms with Crippen LogP contribution in [-0.2, 0) is 4.74 Å². The zero-order chi connectivity index (χ0) is 12.7. The SMILES string of the molecule is Cc1nn(C2CCCCO2)c2ncc(O)c(Br)c12. The maximum atomic E-state index is 9.68. The van der Waals surface area contributed by atoms with Gasteiger partial charge in [-0.1, -0.05) is 0 Å². The lowest BCUT2D eigenvalue weighted by Gasteiger charge is -2.23. The normalized spacial score (nSPS) is 20.4. The number of halogens is 1. The fraction of sp³-hybridized carbons (Fsp3) is 0.500. The summed E-state index contributed by atoms with van der Waals surface area (Å²) in [6, 6.07) is 0. The van der Waals surface area contributed by atoms with Crippen LogP contribution in [0.2, 0.25) is 0 Å². The number of hydrogen-bond acceptors (Lipinski definition) is 4. The lowest BCUT2D eigenvalue weighted by atomic mass is 10.2. The first-order valence-corrected chi connectivity index (χ1v) is 6.81. The number of pyridine rings is 1. The molecule has 1 N–H and O–H groups in total. The first-order valence-electron chi connectivity index (χ1n) is 6.02. The molecule has 0 bridgehead atoms. The zero-order valence-electron chi connectivity index (χ0n) is 10.1. The number of aromatic hydroxyl groups is 1. The number of hydrogen-bond donors (Lipinski definition) is 1. The van der Waals surface area contributed by atoms with Gasteiger partial charge in [0.05, 0.1) is 21.7 Å². The van der Waals surface area contributed by atoms with Gasteiger partial charge in [0, 0.05) is 6.61 Å². The van der Waals surface area contributed by atoms with E-state index in [2.05, 4.69) is 26.0 Å². The van der Waals surface area contributed by atoms with Crippen molar-refractivity contribution in [1.29, 1.82) is 0 Å². The number of rotatable bonds is 1. The molecular formula is C12H14BrN3O2. The lowest BCUT2D eigenvalue weighted by Crippen LogP contribution is -2.19. The molecule has 3 rings (SSSR count). The Balaban J connectivity index is 2.16. The molecule has 18 heavy (non-hydrogen) atoms. The Morgan fingerprint density at radius 2 is 2.33 bits per heavy atom. The van der Waals surface area contributed by atoms with E-state index >= 15 is 0 Å². The number of fused-ring (bicyclic) bond motifs is 1. The number of nitrogens with zero attached hydrogens (tertiary/aromatic N) is 3. The van der Waals surface area contributed by atoms with Crippen LogP contribution in [0.1, 0.15) is 31.2 Å². The van der Waals surface area contributed by atoms with Gasteiger partial charge in [-0.25, -0.2) is 9.67 Å². The molecule has 5 nitrogen and oxygen atoms in total. The molecule has 2 aromatic rings. The van der Waals surface area contributed by atoms with Crippen LogP contribution in [0.15, 0.2) is 10.7 Å². The van der Waals surface area contributed by atoms with Crippen LogP contribution in [0.25, 0.3) is 11.0 Å². The highest BCUT2D eigenvalue weighted by molar-refractivity contribution is 9.10. The van der Waals surface area contributed by atoms with Crippen molar-refractivity contribution in [2.24, 2.45) is 0 Å². The highest BCUT2D eigenvalue weighted by atomic mass is 79.9. The van der Waals surface area contributed by atoms with Crippen molar-refractivity contribution >= 4 is 27.0 Å². The van der Waals surface area contributed by atoms with Gasteiger partial charge in [-0.05, 0) is 42.1 Å². The van der Waals surface area contributed by atoms with Crippen LogP contribution in [0.3, 0.4) is 0 Å². The summed E-state index contributed by atoms with van der Waals surface area (Å²) in [5, 5.41) is 15.0. The summed E-state index contributed by atoms with van der Waals surface area (Å²) in [4.78, 5) is 4.28. The summed E-state index contributed by atoms with van der Waals surface area (Å²) in [6.45, 7) is 2.68. The Bertz CT molecular complexity index is 591.